The SMILES string of the molecule is CCNC(C)/C(C)=C/c1cc(OC)c(OC)c(OC)c1. The molecule has 1 aromatic rings. The van der Waals surface area contributed by atoms with Gasteiger partial charge in [0.05, 0.1) is 21.3 Å². The quantitative estimate of drug-likeness (QED) is 0.832. The van der Waals surface area contributed by atoms with Crippen molar-refractivity contribution in [1.82, 2.24) is 5.32 Å². The van der Waals surface area contributed by atoms with E-state index in [0.717, 1.165) is 12.1 Å². The van der Waals surface area contributed by atoms with E-state index in [-0.39, 0.29) is 0 Å². The molecule has 4 heteroatoms. The number of hydrogen-bond donors (Lipinski definition) is 1. The average molecular weight is 279 g/mol. The Morgan fingerprint density at radius 2 is 1.70 bits per heavy atom. The van der Waals surface area contributed by atoms with Gasteiger partial charge in [-0.25, -0.2) is 0 Å². The molecule has 0 radical (unpaired) electrons. The summed E-state index contributed by atoms with van der Waals surface area (Å²) in [6.07, 6.45) is 2.12. The van der Waals surface area contributed by atoms with E-state index in [0.29, 0.717) is 23.3 Å². The maximum Gasteiger partial charge on any atom is 0.203 e. The molecule has 0 fully saturated rings. The maximum atomic E-state index is 5.36. The van der Waals surface area contributed by atoms with Gasteiger partial charge in [0.1, 0.15) is 0 Å². The van der Waals surface area contributed by atoms with Gasteiger partial charge in [-0.3, -0.25) is 0 Å². The van der Waals surface area contributed by atoms with Crippen LogP contribution in [0.15, 0.2) is 17.7 Å². The monoisotopic (exact) mass is 279 g/mol. The summed E-state index contributed by atoms with van der Waals surface area (Å²) in [4.78, 5) is 0. The molecule has 0 bridgehead atoms. The summed E-state index contributed by atoms with van der Waals surface area (Å²) >= 11 is 0. The lowest BCUT2D eigenvalue weighted by Crippen LogP contribution is -2.26. The average Bonchev–Trinajstić information content (AvgIpc) is 2.46. The summed E-state index contributed by atoms with van der Waals surface area (Å²) in [5.41, 5.74) is 2.28. The summed E-state index contributed by atoms with van der Waals surface area (Å²) in [6, 6.07) is 4.23. The van der Waals surface area contributed by atoms with E-state index in [1.165, 1.54) is 5.57 Å². The second kappa shape index (κ2) is 7.80. The first kappa shape index (κ1) is 16.4. The van der Waals surface area contributed by atoms with Gasteiger partial charge in [-0.15, -0.1) is 0 Å². The lowest BCUT2D eigenvalue weighted by atomic mass is 10.1. The van der Waals surface area contributed by atoms with Crippen molar-refractivity contribution >= 4 is 6.08 Å². The molecule has 0 amide bonds. The molecule has 112 valence electrons. The predicted molar refractivity (Wildman–Crippen MR) is 82.9 cm³/mol. The molecular formula is C16H25NO3. The second-order valence-electron chi connectivity index (χ2n) is 4.63. The van der Waals surface area contributed by atoms with E-state index in [9.17, 15) is 0 Å². The molecule has 20 heavy (non-hydrogen) atoms. The highest BCUT2D eigenvalue weighted by Crippen LogP contribution is 2.38. The third-order valence-electron chi connectivity index (χ3n) is 3.27. The van der Waals surface area contributed by atoms with Crippen molar-refractivity contribution in [3.8, 4) is 17.2 Å². The van der Waals surface area contributed by atoms with Crippen molar-refractivity contribution in [2.75, 3.05) is 27.9 Å². The zero-order chi connectivity index (χ0) is 15.1. The fourth-order valence-electron chi connectivity index (χ4n) is 2.04. The highest BCUT2D eigenvalue weighted by Gasteiger charge is 2.12. The molecule has 1 atom stereocenters. The molecule has 1 unspecified atom stereocenters. The third-order valence-corrected chi connectivity index (χ3v) is 3.27. The molecule has 0 aromatic heterocycles. The van der Waals surface area contributed by atoms with Gasteiger partial charge < -0.3 is 19.5 Å². The molecule has 0 aliphatic heterocycles. The molecule has 0 saturated carbocycles. The van der Waals surface area contributed by atoms with Crippen LogP contribution in [0.2, 0.25) is 0 Å². The van der Waals surface area contributed by atoms with Gasteiger partial charge in [0.25, 0.3) is 0 Å². The van der Waals surface area contributed by atoms with Gasteiger partial charge in [-0.2, -0.15) is 0 Å². The highest BCUT2D eigenvalue weighted by molar-refractivity contribution is 5.63. The van der Waals surface area contributed by atoms with Crippen LogP contribution >= 0.6 is 0 Å². The van der Waals surface area contributed by atoms with E-state index in [4.69, 9.17) is 14.2 Å². The van der Waals surface area contributed by atoms with Gasteiger partial charge in [0, 0.05) is 6.04 Å². The van der Waals surface area contributed by atoms with Gasteiger partial charge in [-0.1, -0.05) is 18.6 Å². The van der Waals surface area contributed by atoms with Crippen molar-refractivity contribution in [2.45, 2.75) is 26.8 Å². The first-order chi connectivity index (χ1) is 9.57. The van der Waals surface area contributed by atoms with Crippen molar-refractivity contribution in [3.05, 3.63) is 23.3 Å². The number of likely N-dealkylation sites (N-methyl/N-ethyl adjacent to an activating group) is 1. The maximum absolute atomic E-state index is 5.36. The van der Waals surface area contributed by atoms with Crippen molar-refractivity contribution in [1.29, 1.82) is 0 Å². The Bertz CT molecular complexity index is 444. The fraction of sp³-hybridized carbons (Fsp3) is 0.500. The van der Waals surface area contributed by atoms with Crippen molar-refractivity contribution in [2.24, 2.45) is 0 Å². The molecule has 0 aliphatic carbocycles. The van der Waals surface area contributed by atoms with Crippen LogP contribution in [-0.2, 0) is 0 Å². The number of rotatable bonds is 7. The van der Waals surface area contributed by atoms with Gasteiger partial charge >= 0.3 is 0 Å². The Morgan fingerprint density at radius 1 is 1.15 bits per heavy atom. The van der Waals surface area contributed by atoms with Crippen molar-refractivity contribution < 1.29 is 14.2 Å². The Kier molecular flexibility index (Phi) is 6.39. The zero-order valence-electron chi connectivity index (χ0n) is 13.2. The van der Waals surface area contributed by atoms with Crippen LogP contribution in [0.5, 0.6) is 17.2 Å². The van der Waals surface area contributed by atoms with Crippen LogP contribution in [0, 0.1) is 0 Å². The Hall–Kier alpha value is -1.68. The van der Waals surface area contributed by atoms with E-state index >= 15 is 0 Å². The van der Waals surface area contributed by atoms with E-state index < -0.39 is 0 Å². The fourth-order valence-corrected chi connectivity index (χ4v) is 2.04. The Balaban J connectivity index is 3.16. The summed E-state index contributed by atoms with van der Waals surface area (Å²) in [7, 11) is 4.85. The Morgan fingerprint density at radius 3 is 2.10 bits per heavy atom. The van der Waals surface area contributed by atoms with Crippen molar-refractivity contribution in [3.63, 3.8) is 0 Å². The number of benzene rings is 1. The molecular weight excluding hydrogens is 254 g/mol. The standard InChI is InChI=1S/C16H25NO3/c1-7-17-12(3)11(2)8-13-9-14(18-4)16(20-6)15(10-13)19-5/h8-10,12,17H,7H2,1-6H3/b11-8+. The highest BCUT2D eigenvalue weighted by atomic mass is 16.5. The minimum atomic E-state index is 0.332. The van der Waals surface area contributed by atoms with Crippen LogP contribution < -0.4 is 19.5 Å². The molecule has 0 aliphatic rings. The number of methoxy groups -OCH3 is 3. The third kappa shape index (κ3) is 3.90. The zero-order valence-corrected chi connectivity index (χ0v) is 13.2. The lowest BCUT2D eigenvalue weighted by Gasteiger charge is -2.15. The summed E-state index contributed by atoms with van der Waals surface area (Å²) in [6.45, 7) is 7.30. The molecule has 0 heterocycles. The first-order valence-electron chi connectivity index (χ1n) is 6.78. The summed E-state index contributed by atoms with van der Waals surface area (Å²) in [5, 5.41) is 3.39. The van der Waals surface area contributed by atoms with Crippen LogP contribution in [0.4, 0.5) is 0 Å². The van der Waals surface area contributed by atoms with Crippen LogP contribution in [0.25, 0.3) is 6.08 Å². The van der Waals surface area contributed by atoms with Gasteiger partial charge in [0.15, 0.2) is 11.5 Å². The first-order valence-corrected chi connectivity index (χ1v) is 6.78. The topological polar surface area (TPSA) is 39.7 Å². The molecule has 1 rings (SSSR count). The molecule has 1 N–H and O–H groups in total. The number of hydrogen-bond acceptors (Lipinski definition) is 4. The van der Waals surface area contributed by atoms with Gasteiger partial charge in [-0.05, 0) is 38.1 Å². The van der Waals surface area contributed by atoms with Gasteiger partial charge in [0.2, 0.25) is 5.75 Å². The van der Waals surface area contributed by atoms with E-state index in [1.54, 1.807) is 21.3 Å². The van der Waals surface area contributed by atoms with Crippen LogP contribution in [-0.4, -0.2) is 33.9 Å². The lowest BCUT2D eigenvalue weighted by molar-refractivity contribution is 0.324. The summed E-state index contributed by atoms with van der Waals surface area (Å²) < 4.78 is 16.0. The largest absolute Gasteiger partial charge is 0.493 e. The molecule has 1 aromatic carbocycles. The van der Waals surface area contributed by atoms with Crippen LogP contribution in [0.3, 0.4) is 0 Å². The van der Waals surface area contributed by atoms with E-state index in [1.807, 2.05) is 12.1 Å². The Labute approximate surface area is 121 Å². The number of nitrogens with one attached hydrogen (secondary N) is 1. The van der Waals surface area contributed by atoms with Crippen LogP contribution in [0.1, 0.15) is 26.3 Å². The number of ether oxygens (including phenoxy) is 3. The predicted octanol–water partition coefficient (Wildman–Crippen LogP) is 3.11. The minimum Gasteiger partial charge on any atom is -0.493 e. The van der Waals surface area contributed by atoms with E-state index in [2.05, 4.69) is 32.2 Å². The molecule has 0 saturated heterocycles. The smallest absolute Gasteiger partial charge is 0.203 e. The molecule has 4 nitrogen and oxygen atoms in total. The minimum absolute atomic E-state index is 0.332. The molecule has 0 spiro atoms. The summed E-state index contributed by atoms with van der Waals surface area (Å²) in [5.74, 6) is 1.95. The normalized spacial score (nSPS) is 13.0. The second-order valence-corrected chi connectivity index (χ2v) is 4.63.